The van der Waals surface area contributed by atoms with Crippen molar-refractivity contribution in [2.24, 2.45) is 5.92 Å². The van der Waals surface area contributed by atoms with E-state index >= 15 is 0 Å². The number of carbonyl (C=O) groups excluding carboxylic acids is 1. The molecule has 1 aromatic carbocycles. The van der Waals surface area contributed by atoms with E-state index in [1.807, 2.05) is 11.9 Å². The molecule has 1 saturated heterocycles. The summed E-state index contributed by atoms with van der Waals surface area (Å²) in [6, 6.07) is 7.34. The molecule has 2 aliphatic rings. The lowest BCUT2D eigenvalue weighted by atomic mass is 9.82. The summed E-state index contributed by atoms with van der Waals surface area (Å²) in [5, 5.41) is 10.2. The maximum Gasteiger partial charge on any atom is 0.253 e. The molecular formula is C19H27ClN2O2. The van der Waals surface area contributed by atoms with E-state index in [9.17, 15) is 9.90 Å². The third-order valence-electron chi connectivity index (χ3n) is 5.49. The van der Waals surface area contributed by atoms with Crippen molar-refractivity contribution in [3.05, 3.63) is 34.9 Å². The van der Waals surface area contributed by atoms with Gasteiger partial charge in [-0.05, 0) is 43.0 Å². The summed E-state index contributed by atoms with van der Waals surface area (Å²) in [6.45, 7) is 2.32. The topological polar surface area (TPSA) is 43.8 Å². The van der Waals surface area contributed by atoms with Crippen molar-refractivity contribution >= 4 is 17.5 Å². The van der Waals surface area contributed by atoms with Gasteiger partial charge in [0.25, 0.3) is 5.91 Å². The van der Waals surface area contributed by atoms with Crippen LogP contribution in [0, 0.1) is 5.92 Å². The van der Waals surface area contributed by atoms with E-state index in [2.05, 4.69) is 4.90 Å². The monoisotopic (exact) mass is 350 g/mol. The van der Waals surface area contributed by atoms with E-state index in [1.165, 1.54) is 32.1 Å². The Hall–Kier alpha value is -1.10. The van der Waals surface area contributed by atoms with Gasteiger partial charge in [-0.2, -0.15) is 0 Å². The smallest absolute Gasteiger partial charge is 0.253 e. The molecule has 1 unspecified atom stereocenters. The average Bonchev–Trinajstić information content (AvgIpc) is 2.58. The number of β-amino-alcohol motifs (C(OH)–C–C–N with tert-alkyl or cyclic N) is 1. The predicted molar refractivity (Wildman–Crippen MR) is 96.4 cm³/mol. The molecule has 0 bridgehead atoms. The van der Waals surface area contributed by atoms with E-state index in [0.29, 0.717) is 16.5 Å². The first-order valence-electron chi connectivity index (χ1n) is 8.97. The predicted octanol–water partition coefficient (Wildman–Crippen LogP) is 3.04. The quantitative estimate of drug-likeness (QED) is 0.887. The third kappa shape index (κ3) is 4.11. The fourth-order valence-corrected chi connectivity index (χ4v) is 4.14. The minimum Gasteiger partial charge on any atom is -0.390 e. The summed E-state index contributed by atoms with van der Waals surface area (Å²) in [6.07, 6.45) is 6.01. The Balaban J connectivity index is 1.72. The summed E-state index contributed by atoms with van der Waals surface area (Å²) in [4.78, 5) is 17.1. The minimum atomic E-state index is -0.200. The van der Waals surface area contributed by atoms with Crippen LogP contribution >= 0.6 is 11.6 Å². The molecule has 0 aromatic heterocycles. The first-order valence-corrected chi connectivity index (χ1v) is 9.35. The second kappa shape index (κ2) is 7.85. The SMILES string of the molecule is CN(C(=O)c1ccc(Cl)cc1)C(CN1CC(O)C1)C1CCCCC1. The van der Waals surface area contributed by atoms with Crippen molar-refractivity contribution in [3.8, 4) is 0 Å². The number of benzene rings is 1. The van der Waals surface area contributed by atoms with Crippen LogP contribution in [-0.4, -0.2) is 59.6 Å². The van der Waals surface area contributed by atoms with Crippen molar-refractivity contribution in [1.29, 1.82) is 0 Å². The van der Waals surface area contributed by atoms with E-state index in [-0.39, 0.29) is 18.1 Å². The van der Waals surface area contributed by atoms with Crippen molar-refractivity contribution in [2.45, 2.75) is 44.2 Å². The molecule has 1 aliphatic carbocycles. The van der Waals surface area contributed by atoms with Gasteiger partial charge in [0, 0.05) is 43.3 Å². The number of nitrogens with zero attached hydrogens (tertiary/aromatic N) is 2. The Kier molecular flexibility index (Phi) is 5.80. The molecule has 1 aromatic rings. The van der Waals surface area contributed by atoms with Crippen molar-refractivity contribution < 1.29 is 9.90 Å². The molecule has 1 aliphatic heterocycles. The number of amides is 1. The molecule has 1 N–H and O–H groups in total. The molecule has 0 radical (unpaired) electrons. The third-order valence-corrected chi connectivity index (χ3v) is 5.74. The van der Waals surface area contributed by atoms with E-state index in [1.54, 1.807) is 24.3 Å². The maximum atomic E-state index is 12.9. The van der Waals surface area contributed by atoms with E-state index < -0.39 is 0 Å². The van der Waals surface area contributed by atoms with E-state index in [0.717, 1.165) is 19.6 Å². The number of hydrogen-bond donors (Lipinski definition) is 1. The lowest BCUT2D eigenvalue weighted by Gasteiger charge is -2.44. The van der Waals surface area contributed by atoms with Gasteiger partial charge in [0.15, 0.2) is 0 Å². The van der Waals surface area contributed by atoms with Crippen LogP contribution in [0.1, 0.15) is 42.5 Å². The van der Waals surface area contributed by atoms with Crippen LogP contribution in [0.4, 0.5) is 0 Å². The lowest BCUT2D eigenvalue weighted by Crippen LogP contribution is -2.57. The lowest BCUT2D eigenvalue weighted by molar-refractivity contribution is -0.0191. The van der Waals surface area contributed by atoms with Gasteiger partial charge in [0.1, 0.15) is 0 Å². The van der Waals surface area contributed by atoms with Crippen LogP contribution in [0.2, 0.25) is 5.02 Å². The Labute approximate surface area is 149 Å². The fraction of sp³-hybridized carbons (Fsp3) is 0.632. The molecule has 1 amide bonds. The number of likely N-dealkylation sites (N-methyl/N-ethyl adjacent to an activating group) is 1. The van der Waals surface area contributed by atoms with Gasteiger partial charge in [0.05, 0.1) is 6.10 Å². The number of hydrogen-bond acceptors (Lipinski definition) is 3. The Morgan fingerprint density at radius 1 is 1.25 bits per heavy atom. The molecule has 5 heteroatoms. The second-order valence-electron chi connectivity index (χ2n) is 7.26. The molecule has 24 heavy (non-hydrogen) atoms. The molecule has 1 saturated carbocycles. The summed E-state index contributed by atoms with van der Waals surface area (Å²) in [7, 11) is 1.92. The molecule has 2 fully saturated rings. The summed E-state index contributed by atoms with van der Waals surface area (Å²) in [5.41, 5.74) is 0.686. The second-order valence-corrected chi connectivity index (χ2v) is 7.70. The normalized spacial score (nSPS) is 21.3. The summed E-state index contributed by atoms with van der Waals surface area (Å²) < 4.78 is 0. The molecule has 4 nitrogen and oxygen atoms in total. The highest BCUT2D eigenvalue weighted by atomic mass is 35.5. The number of halogens is 1. The zero-order valence-electron chi connectivity index (χ0n) is 14.3. The molecule has 0 spiro atoms. The molecule has 1 heterocycles. The molecule has 3 rings (SSSR count). The molecule has 1 atom stereocenters. The van der Waals surface area contributed by atoms with Gasteiger partial charge in [-0.3, -0.25) is 9.69 Å². The highest BCUT2D eigenvalue weighted by molar-refractivity contribution is 6.30. The van der Waals surface area contributed by atoms with Crippen LogP contribution in [0.5, 0.6) is 0 Å². The van der Waals surface area contributed by atoms with Crippen molar-refractivity contribution in [1.82, 2.24) is 9.80 Å². The zero-order chi connectivity index (χ0) is 17.1. The van der Waals surface area contributed by atoms with Gasteiger partial charge in [0.2, 0.25) is 0 Å². The van der Waals surface area contributed by atoms with Crippen molar-refractivity contribution in [2.75, 3.05) is 26.7 Å². The van der Waals surface area contributed by atoms with Gasteiger partial charge in [-0.1, -0.05) is 30.9 Å². The van der Waals surface area contributed by atoms with Crippen LogP contribution in [0.3, 0.4) is 0 Å². The standard InChI is InChI=1S/C19H27ClN2O2/c1-21(19(24)15-7-9-16(20)10-8-15)18(13-22-11-17(23)12-22)14-5-3-2-4-6-14/h7-10,14,17-18,23H,2-6,11-13H2,1H3. The van der Waals surface area contributed by atoms with Crippen molar-refractivity contribution in [3.63, 3.8) is 0 Å². The van der Waals surface area contributed by atoms with Crippen LogP contribution in [0.25, 0.3) is 0 Å². The first kappa shape index (κ1) is 17.7. The maximum absolute atomic E-state index is 12.9. The highest BCUT2D eigenvalue weighted by Gasteiger charge is 2.34. The Bertz CT molecular complexity index is 551. The Morgan fingerprint density at radius 3 is 2.46 bits per heavy atom. The van der Waals surface area contributed by atoms with Gasteiger partial charge >= 0.3 is 0 Å². The van der Waals surface area contributed by atoms with Crippen LogP contribution in [-0.2, 0) is 0 Å². The van der Waals surface area contributed by atoms with Gasteiger partial charge in [-0.15, -0.1) is 0 Å². The highest BCUT2D eigenvalue weighted by Crippen LogP contribution is 2.30. The van der Waals surface area contributed by atoms with E-state index in [4.69, 9.17) is 11.6 Å². The minimum absolute atomic E-state index is 0.0586. The number of aliphatic hydroxyl groups excluding tert-OH is 1. The molecular weight excluding hydrogens is 324 g/mol. The van der Waals surface area contributed by atoms with Crippen LogP contribution in [0.15, 0.2) is 24.3 Å². The van der Waals surface area contributed by atoms with Gasteiger partial charge < -0.3 is 10.0 Å². The van der Waals surface area contributed by atoms with Crippen LogP contribution < -0.4 is 0 Å². The average molecular weight is 351 g/mol. The molecule has 132 valence electrons. The zero-order valence-corrected chi connectivity index (χ0v) is 15.1. The largest absolute Gasteiger partial charge is 0.390 e. The summed E-state index contributed by atoms with van der Waals surface area (Å²) >= 11 is 5.93. The Morgan fingerprint density at radius 2 is 1.88 bits per heavy atom. The number of aliphatic hydroxyl groups is 1. The fourth-order valence-electron chi connectivity index (χ4n) is 4.01. The first-order chi connectivity index (χ1) is 11.5. The summed E-state index contributed by atoms with van der Waals surface area (Å²) in [5.74, 6) is 0.612. The number of carbonyl (C=O) groups is 1. The number of rotatable bonds is 5. The number of likely N-dealkylation sites (tertiary alicyclic amines) is 1. The van der Waals surface area contributed by atoms with Gasteiger partial charge in [-0.25, -0.2) is 0 Å².